The van der Waals surface area contributed by atoms with Gasteiger partial charge in [0.05, 0.1) is 4.90 Å². The van der Waals surface area contributed by atoms with Crippen LogP contribution in [0.1, 0.15) is 50.9 Å². The topological polar surface area (TPSA) is 95.6 Å². The van der Waals surface area contributed by atoms with Gasteiger partial charge in [0.25, 0.3) is 5.91 Å². The van der Waals surface area contributed by atoms with E-state index in [2.05, 4.69) is 10.0 Å². The summed E-state index contributed by atoms with van der Waals surface area (Å²) in [5.74, 6) is -0.353. The standard InChI is InChI=1S/C19H29N3O4S/c1-13(2)18(23)20-16-8-6-10-22(12-16)19(24)15-7-5-9-17(11-15)27(25,26)21-14(3)4/h5,7,9,11,13-14,16,21H,6,8,10,12H2,1-4H3,(H,20,23). The maximum absolute atomic E-state index is 12.9. The van der Waals surface area contributed by atoms with Gasteiger partial charge >= 0.3 is 0 Å². The Kier molecular flexibility index (Phi) is 7.00. The molecular weight excluding hydrogens is 366 g/mol. The van der Waals surface area contributed by atoms with Crippen molar-refractivity contribution in [2.75, 3.05) is 13.1 Å². The van der Waals surface area contributed by atoms with Crippen LogP contribution in [0.25, 0.3) is 0 Å². The second kappa shape index (κ2) is 8.84. The number of hydrogen-bond acceptors (Lipinski definition) is 4. The molecule has 0 radical (unpaired) electrons. The first kappa shape index (κ1) is 21.4. The smallest absolute Gasteiger partial charge is 0.253 e. The van der Waals surface area contributed by atoms with Crippen molar-refractivity contribution in [2.45, 2.75) is 57.5 Å². The van der Waals surface area contributed by atoms with Gasteiger partial charge in [-0.25, -0.2) is 13.1 Å². The molecule has 2 amide bonds. The Morgan fingerprint density at radius 2 is 1.89 bits per heavy atom. The summed E-state index contributed by atoms with van der Waals surface area (Å²) in [6, 6.07) is 5.76. The first-order chi connectivity index (χ1) is 12.6. The molecular formula is C19H29N3O4S. The summed E-state index contributed by atoms with van der Waals surface area (Å²) >= 11 is 0. The Balaban J connectivity index is 2.13. The van der Waals surface area contributed by atoms with Crippen molar-refractivity contribution in [2.24, 2.45) is 5.92 Å². The van der Waals surface area contributed by atoms with Crippen molar-refractivity contribution >= 4 is 21.8 Å². The molecule has 150 valence electrons. The number of piperidine rings is 1. The molecule has 0 spiro atoms. The zero-order chi connectivity index (χ0) is 20.2. The predicted molar refractivity (Wildman–Crippen MR) is 104 cm³/mol. The molecule has 0 saturated carbocycles. The van der Waals surface area contributed by atoms with E-state index in [9.17, 15) is 18.0 Å². The maximum Gasteiger partial charge on any atom is 0.253 e. The van der Waals surface area contributed by atoms with E-state index in [-0.39, 0.29) is 34.7 Å². The zero-order valence-electron chi connectivity index (χ0n) is 16.4. The number of hydrogen-bond donors (Lipinski definition) is 2. The summed E-state index contributed by atoms with van der Waals surface area (Å²) in [6.07, 6.45) is 1.62. The van der Waals surface area contributed by atoms with Gasteiger partial charge in [0.15, 0.2) is 0 Å². The molecule has 1 aromatic rings. The Morgan fingerprint density at radius 3 is 2.52 bits per heavy atom. The monoisotopic (exact) mass is 395 g/mol. The van der Waals surface area contributed by atoms with Crippen molar-refractivity contribution in [1.82, 2.24) is 14.9 Å². The zero-order valence-corrected chi connectivity index (χ0v) is 17.2. The second-order valence-electron chi connectivity index (χ2n) is 7.56. The molecule has 8 heteroatoms. The number of benzene rings is 1. The lowest BCUT2D eigenvalue weighted by Gasteiger charge is -2.33. The summed E-state index contributed by atoms with van der Waals surface area (Å²) in [5, 5.41) is 2.97. The molecule has 0 aromatic heterocycles. The van der Waals surface area contributed by atoms with Gasteiger partial charge < -0.3 is 10.2 Å². The fourth-order valence-corrected chi connectivity index (χ4v) is 4.30. The highest BCUT2D eigenvalue weighted by Crippen LogP contribution is 2.17. The van der Waals surface area contributed by atoms with E-state index in [1.165, 1.54) is 12.1 Å². The minimum atomic E-state index is -3.66. The van der Waals surface area contributed by atoms with Gasteiger partial charge in [0.1, 0.15) is 0 Å². The van der Waals surface area contributed by atoms with Gasteiger partial charge in [-0.15, -0.1) is 0 Å². The van der Waals surface area contributed by atoms with Gasteiger partial charge in [-0.1, -0.05) is 19.9 Å². The van der Waals surface area contributed by atoms with Crippen LogP contribution < -0.4 is 10.0 Å². The Bertz CT molecular complexity index is 790. The van der Waals surface area contributed by atoms with E-state index >= 15 is 0 Å². The summed E-state index contributed by atoms with van der Waals surface area (Å²) in [4.78, 5) is 26.5. The maximum atomic E-state index is 12.9. The van der Waals surface area contributed by atoms with Crippen LogP contribution >= 0.6 is 0 Å². The van der Waals surface area contributed by atoms with E-state index in [1.807, 2.05) is 13.8 Å². The number of nitrogens with zero attached hydrogens (tertiary/aromatic N) is 1. The van der Waals surface area contributed by atoms with Crippen LogP contribution in [0.15, 0.2) is 29.2 Å². The van der Waals surface area contributed by atoms with Crippen LogP contribution in [0.4, 0.5) is 0 Å². The molecule has 1 saturated heterocycles. The number of sulfonamides is 1. The Labute approximate surface area is 161 Å². The normalized spacial score (nSPS) is 18.0. The lowest BCUT2D eigenvalue weighted by atomic mass is 10.0. The van der Waals surface area contributed by atoms with Gasteiger partial charge in [-0.3, -0.25) is 9.59 Å². The van der Waals surface area contributed by atoms with Crippen LogP contribution in [0.2, 0.25) is 0 Å². The molecule has 7 nitrogen and oxygen atoms in total. The van der Waals surface area contributed by atoms with Crippen LogP contribution in [0, 0.1) is 5.92 Å². The average Bonchev–Trinajstić information content (AvgIpc) is 2.60. The first-order valence-corrected chi connectivity index (χ1v) is 10.8. The fraction of sp³-hybridized carbons (Fsp3) is 0.579. The summed E-state index contributed by atoms with van der Waals surface area (Å²) in [5.41, 5.74) is 0.331. The first-order valence-electron chi connectivity index (χ1n) is 9.32. The Hall–Kier alpha value is -1.93. The molecule has 1 aliphatic heterocycles. The van der Waals surface area contributed by atoms with Gasteiger partial charge in [-0.2, -0.15) is 0 Å². The van der Waals surface area contributed by atoms with Crippen molar-refractivity contribution in [3.8, 4) is 0 Å². The molecule has 2 rings (SSSR count). The second-order valence-corrected chi connectivity index (χ2v) is 9.27. The van der Waals surface area contributed by atoms with E-state index in [1.54, 1.807) is 30.9 Å². The molecule has 0 bridgehead atoms. The predicted octanol–water partition coefficient (Wildman–Crippen LogP) is 1.75. The number of carbonyl (C=O) groups is 2. The van der Waals surface area contributed by atoms with E-state index in [0.29, 0.717) is 18.7 Å². The van der Waals surface area contributed by atoms with Gasteiger partial charge in [0, 0.05) is 36.7 Å². The number of nitrogens with one attached hydrogen (secondary N) is 2. The highest BCUT2D eigenvalue weighted by Gasteiger charge is 2.27. The van der Waals surface area contributed by atoms with Crippen LogP contribution in [-0.2, 0) is 14.8 Å². The van der Waals surface area contributed by atoms with E-state index in [0.717, 1.165) is 12.8 Å². The van der Waals surface area contributed by atoms with Crippen molar-refractivity contribution in [1.29, 1.82) is 0 Å². The van der Waals surface area contributed by atoms with Crippen molar-refractivity contribution in [3.63, 3.8) is 0 Å². The molecule has 2 N–H and O–H groups in total. The van der Waals surface area contributed by atoms with Crippen molar-refractivity contribution < 1.29 is 18.0 Å². The SMILES string of the molecule is CC(C)NS(=O)(=O)c1cccc(C(=O)N2CCCC(NC(=O)C(C)C)C2)c1. The number of likely N-dealkylation sites (tertiary alicyclic amines) is 1. The third-order valence-corrected chi connectivity index (χ3v) is 6.02. The highest BCUT2D eigenvalue weighted by atomic mass is 32.2. The molecule has 1 aliphatic rings. The lowest BCUT2D eigenvalue weighted by molar-refractivity contribution is -0.125. The fourth-order valence-electron chi connectivity index (χ4n) is 3.00. The minimum Gasteiger partial charge on any atom is -0.351 e. The summed E-state index contributed by atoms with van der Waals surface area (Å²) in [7, 11) is -3.66. The molecule has 27 heavy (non-hydrogen) atoms. The largest absolute Gasteiger partial charge is 0.351 e. The van der Waals surface area contributed by atoms with Gasteiger partial charge in [-0.05, 0) is 44.9 Å². The molecule has 1 fully saturated rings. The van der Waals surface area contributed by atoms with E-state index in [4.69, 9.17) is 0 Å². The lowest BCUT2D eigenvalue weighted by Crippen LogP contribution is -2.50. The molecule has 1 unspecified atom stereocenters. The molecule has 1 atom stereocenters. The van der Waals surface area contributed by atoms with Gasteiger partial charge in [0.2, 0.25) is 15.9 Å². The average molecular weight is 396 g/mol. The molecule has 1 heterocycles. The summed E-state index contributed by atoms with van der Waals surface area (Å²) < 4.78 is 27.2. The number of carbonyl (C=O) groups excluding carboxylic acids is 2. The third kappa shape index (κ3) is 5.77. The number of amides is 2. The summed E-state index contributed by atoms with van der Waals surface area (Å²) in [6.45, 7) is 8.17. The highest BCUT2D eigenvalue weighted by molar-refractivity contribution is 7.89. The Morgan fingerprint density at radius 1 is 1.19 bits per heavy atom. The van der Waals surface area contributed by atoms with Crippen molar-refractivity contribution in [3.05, 3.63) is 29.8 Å². The van der Waals surface area contributed by atoms with Crippen LogP contribution in [0.3, 0.4) is 0 Å². The number of rotatable bonds is 6. The third-order valence-electron chi connectivity index (χ3n) is 4.36. The quantitative estimate of drug-likeness (QED) is 0.767. The molecule has 0 aliphatic carbocycles. The van der Waals surface area contributed by atoms with Crippen LogP contribution in [0.5, 0.6) is 0 Å². The molecule has 1 aromatic carbocycles. The van der Waals surface area contributed by atoms with E-state index < -0.39 is 10.0 Å². The minimum absolute atomic E-state index is 0.0258. The van der Waals surface area contributed by atoms with Crippen LogP contribution in [-0.4, -0.2) is 50.3 Å².